The highest BCUT2D eigenvalue weighted by Crippen LogP contribution is 2.45. The first-order valence-electron chi connectivity index (χ1n) is 6.30. The molecule has 0 saturated heterocycles. The molecule has 1 fully saturated rings. The predicted molar refractivity (Wildman–Crippen MR) is 69.7 cm³/mol. The molecule has 1 aromatic heterocycles. The second-order valence-corrected chi connectivity index (χ2v) is 4.90. The number of hydrogen-bond donors (Lipinski definition) is 0. The van der Waals surface area contributed by atoms with Gasteiger partial charge in [0.1, 0.15) is 5.67 Å². The first-order valence-corrected chi connectivity index (χ1v) is 6.30. The third-order valence-corrected chi connectivity index (χ3v) is 3.81. The molecule has 3 rings (SSSR count). The van der Waals surface area contributed by atoms with Crippen molar-refractivity contribution in [2.45, 2.75) is 24.9 Å². The fourth-order valence-electron chi connectivity index (χ4n) is 2.49. The predicted octanol–water partition coefficient (Wildman–Crippen LogP) is 3.37. The summed E-state index contributed by atoms with van der Waals surface area (Å²) >= 11 is 0. The number of pyridine rings is 1. The van der Waals surface area contributed by atoms with Gasteiger partial charge in [0.15, 0.2) is 0 Å². The van der Waals surface area contributed by atoms with E-state index in [2.05, 4.69) is 4.98 Å². The van der Waals surface area contributed by atoms with Crippen molar-refractivity contribution in [1.82, 2.24) is 4.98 Å². The molecular formula is C15H14FNO2. The van der Waals surface area contributed by atoms with Crippen molar-refractivity contribution in [2.75, 3.05) is 7.11 Å². The standard InChI is InChI=1S/C15H14FNO2/c1-19-14(18)11-5-8-17-13-4-3-10(9-12(11)13)15(16)6-2-7-15/h3-5,8-9H,2,6-7H2,1H3. The van der Waals surface area contributed by atoms with Gasteiger partial charge in [0.05, 0.1) is 18.2 Å². The number of alkyl halides is 1. The molecule has 2 aromatic rings. The van der Waals surface area contributed by atoms with Crippen LogP contribution in [0.15, 0.2) is 30.5 Å². The van der Waals surface area contributed by atoms with E-state index >= 15 is 0 Å². The maximum atomic E-state index is 14.4. The maximum absolute atomic E-state index is 14.4. The molecule has 0 radical (unpaired) electrons. The van der Waals surface area contributed by atoms with Gasteiger partial charge in [0, 0.05) is 11.6 Å². The van der Waals surface area contributed by atoms with Crippen LogP contribution in [0.1, 0.15) is 35.2 Å². The van der Waals surface area contributed by atoms with Crippen molar-refractivity contribution in [2.24, 2.45) is 0 Å². The zero-order valence-electron chi connectivity index (χ0n) is 10.6. The van der Waals surface area contributed by atoms with Crippen LogP contribution < -0.4 is 0 Å². The number of benzene rings is 1. The third kappa shape index (κ3) is 1.87. The summed E-state index contributed by atoms with van der Waals surface area (Å²) in [5.41, 5.74) is 0.494. The Kier molecular flexibility index (Phi) is 2.73. The molecule has 0 N–H and O–H groups in total. The highest BCUT2D eigenvalue weighted by Gasteiger charge is 2.38. The van der Waals surface area contributed by atoms with Gasteiger partial charge in [-0.15, -0.1) is 0 Å². The van der Waals surface area contributed by atoms with Crippen LogP contribution in [0.4, 0.5) is 4.39 Å². The molecule has 0 unspecified atom stereocenters. The SMILES string of the molecule is COC(=O)c1ccnc2ccc(C3(F)CCC3)cc12. The molecule has 1 aromatic carbocycles. The Balaban J connectivity index is 2.17. The Morgan fingerprint density at radius 1 is 1.37 bits per heavy atom. The number of esters is 1. The van der Waals surface area contributed by atoms with Crippen molar-refractivity contribution in [3.8, 4) is 0 Å². The van der Waals surface area contributed by atoms with E-state index in [-0.39, 0.29) is 0 Å². The molecule has 0 amide bonds. The number of halogens is 1. The van der Waals surface area contributed by atoms with E-state index in [1.165, 1.54) is 7.11 Å². The van der Waals surface area contributed by atoms with Crippen LogP contribution in [0, 0.1) is 0 Å². The van der Waals surface area contributed by atoms with E-state index in [0.29, 0.717) is 34.9 Å². The highest BCUT2D eigenvalue weighted by molar-refractivity contribution is 6.03. The van der Waals surface area contributed by atoms with Gasteiger partial charge < -0.3 is 4.74 Å². The zero-order valence-corrected chi connectivity index (χ0v) is 10.6. The van der Waals surface area contributed by atoms with Gasteiger partial charge in [-0.2, -0.15) is 0 Å². The summed E-state index contributed by atoms with van der Waals surface area (Å²) in [5.74, 6) is -0.425. The molecule has 98 valence electrons. The van der Waals surface area contributed by atoms with E-state index in [1.807, 2.05) is 0 Å². The lowest BCUT2D eigenvalue weighted by molar-refractivity contribution is 0.0595. The van der Waals surface area contributed by atoms with Crippen LogP contribution in [0.5, 0.6) is 0 Å². The minimum atomic E-state index is -1.24. The molecule has 1 aliphatic carbocycles. The Labute approximate surface area is 110 Å². The van der Waals surface area contributed by atoms with E-state index < -0.39 is 11.6 Å². The molecule has 0 spiro atoms. The molecular weight excluding hydrogens is 245 g/mol. The van der Waals surface area contributed by atoms with Crippen molar-refractivity contribution in [3.63, 3.8) is 0 Å². The minimum absolute atomic E-state index is 0.425. The van der Waals surface area contributed by atoms with Gasteiger partial charge in [0.2, 0.25) is 0 Å². The van der Waals surface area contributed by atoms with Crippen LogP contribution in [0.25, 0.3) is 10.9 Å². The van der Waals surface area contributed by atoms with Crippen molar-refractivity contribution < 1.29 is 13.9 Å². The Morgan fingerprint density at radius 2 is 2.16 bits per heavy atom. The average molecular weight is 259 g/mol. The first kappa shape index (κ1) is 12.1. The van der Waals surface area contributed by atoms with E-state index in [9.17, 15) is 9.18 Å². The number of hydrogen-bond acceptors (Lipinski definition) is 3. The number of rotatable bonds is 2. The van der Waals surface area contributed by atoms with Gasteiger partial charge in [-0.3, -0.25) is 4.98 Å². The van der Waals surface area contributed by atoms with Crippen LogP contribution in [0.2, 0.25) is 0 Å². The zero-order chi connectivity index (χ0) is 13.5. The largest absolute Gasteiger partial charge is 0.465 e. The number of methoxy groups -OCH3 is 1. The monoisotopic (exact) mass is 259 g/mol. The minimum Gasteiger partial charge on any atom is -0.465 e. The van der Waals surface area contributed by atoms with E-state index in [1.54, 1.807) is 30.5 Å². The molecule has 0 atom stereocenters. The summed E-state index contributed by atoms with van der Waals surface area (Å²) in [6, 6.07) is 6.85. The Morgan fingerprint density at radius 3 is 2.79 bits per heavy atom. The van der Waals surface area contributed by atoms with Crippen LogP contribution >= 0.6 is 0 Å². The second-order valence-electron chi connectivity index (χ2n) is 4.90. The molecule has 0 aliphatic heterocycles. The fraction of sp³-hybridized carbons (Fsp3) is 0.333. The molecule has 1 heterocycles. The lowest BCUT2D eigenvalue weighted by atomic mass is 9.76. The van der Waals surface area contributed by atoms with Crippen LogP contribution in [-0.2, 0) is 10.4 Å². The molecule has 4 heteroatoms. The summed E-state index contributed by atoms with van der Waals surface area (Å²) in [6.07, 6.45) is 3.56. The van der Waals surface area contributed by atoms with Crippen molar-refractivity contribution >= 4 is 16.9 Å². The highest BCUT2D eigenvalue weighted by atomic mass is 19.1. The quantitative estimate of drug-likeness (QED) is 0.776. The number of ether oxygens (including phenoxy) is 1. The lowest BCUT2D eigenvalue weighted by Gasteiger charge is -2.34. The van der Waals surface area contributed by atoms with Gasteiger partial charge in [0.25, 0.3) is 0 Å². The summed E-state index contributed by atoms with van der Waals surface area (Å²) < 4.78 is 19.2. The van der Waals surface area contributed by atoms with Gasteiger partial charge in [-0.05, 0) is 43.0 Å². The molecule has 1 saturated carbocycles. The van der Waals surface area contributed by atoms with Crippen LogP contribution in [0.3, 0.4) is 0 Å². The maximum Gasteiger partial charge on any atom is 0.338 e. The number of nitrogens with zero attached hydrogens (tertiary/aromatic N) is 1. The van der Waals surface area contributed by atoms with Gasteiger partial charge in [-0.25, -0.2) is 9.18 Å². The summed E-state index contributed by atoms with van der Waals surface area (Å²) in [4.78, 5) is 15.9. The number of aromatic nitrogens is 1. The first-order chi connectivity index (χ1) is 9.14. The topological polar surface area (TPSA) is 39.2 Å². The van der Waals surface area contributed by atoms with E-state index in [0.717, 1.165) is 6.42 Å². The molecule has 3 nitrogen and oxygen atoms in total. The third-order valence-electron chi connectivity index (χ3n) is 3.81. The van der Waals surface area contributed by atoms with Crippen molar-refractivity contribution in [1.29, 1.82) is 0 Å². The smallest absolute Gasteiger partial charge is 0.338 e. The summed E-state index contributed by atoms with van der Waals surface area (Å²) in [7, 11) is 1.33. The molecule has 0 bridgehead atoms. The molecule has 1 aliphatic rings. The van der Waals surface area contributed by atoms with E-state index in [4.69, 9.17) is 4.74 Å². The summed E-state index contributed by atoms with van der Waals surface area (Å²) in [5, 5.41) is 0.649. The second kappa shape index (κ2) is 4.30. The summed E-state index contributed by atoms with van der Waals surface area (Å²) in [6.45, 7) is 0. The number of fused-ring (bicyclic) bond motifs is 1. The van der Waals surface area contributed by atoms with Gasteiger partial charge >= 0.3 is 5.97 Å². The lowest BCUT2D eigenvalue weighted by Crippen LogP contribution is -2.28. The average Bonchev–Trinajstić information content (AvgIpc) is 2.42. The Hall–Kier alpha value is -1.97. The number of carbonyl (C=O) groups excluding carboxylic acids is 1. The fourth-order valence-corrected chi connectivity index (χ4v) is 2.49. The van der Waals surface area contributed by atoms with Crippen molar-refractivity contribution in [3.05, 3.63) is 41.6 Å². The van der Waals surface area contributed by atoms with Gasteiger partial charge in [-0.1, -0.05) is 6.07 Å². The normalized spacial score (nSPS) is 16.9. The Bertz CT molecular complexity index is 650. The number of carbonyl (C=O) groups is 1. The van der Waals surface area contributed by atoms with Crippen LogP contribution in [-0.4, -0.2) is 18.1 Å². The molecule has 19 heavy (non-hydrogen) atoms.